The first-order valence-corrected chi connectivity index (χ1v) is 6.11. The molecule has 0 atom stereocenters. The van der Waals surface area contributed by atoms with Crippen molar-refractivity contribution in [2.45, 2.75) is 19.1 Å². The first-order valence-electron chi connectivity index (χ1n) is 6.11. The number of nitrogens with zero attached hydrogens (tertiary/aromatic N) is 1. The Labute approximate surface area is 115 Å². The standard InChI is InChI=1S/C13H18F3N3O/c1-18-12(20)5-6-19(2)11-4-3-9(8-17)7-10(11)13(14,15)16/h3-4,7H,5-6,8,17H2,1-2H3,(H,18,20). The zero-order chi connectivity index (χ0) is 15.3. The lowest BCUT2D eigenvalue weighted by Crippen LogP contribution is -2.28. The Bertz CT molecular complexity index is 474. The molecule has 20 heavy (non-hydrogen) atoms. The van der Waals surface area contributed by atoms with E-state index in [-0.39, 0.29) is 31.1 Å². The second-order valence-corrected chi connectivity index (χ2v) is 4.40. The predicted octanol–water partition coefficient (Wildman–Crippen LogP) is 1.74. The van der Waals surface area contributed by atoms with Crippen LogP contribution in [0.4, 0.5) is 18.9 Å². The number of alkyl halides is 3. The third kappa shape index (κ3) is 4.12. The lowest BCUT2D eigenvalue weighted by atomic mass is 10.1. The maximum atomic E-state index is 13.0. The zero-order valence-corrected chi connectivity index (χ0v) is 11.4. The van der Waals surface area contributed by atoms with Crippen LogP contribution in [0.25, 0.3) is 0 Å². The molecule has 0 bridgehead atoms. The van der Waals surface area contributed by atoms with Gasteiger partial charge in [0.05, 0.1) is 5.56 Å². The number of benzene rings is 1. The SMILES string of the molecule is CNC(=O)CCN(C)c1ccc(CN)cc1C(F)(F)F. The Morgan fingerprint density at radius 1 is 1.40 bits per heavy atom. The highest BCUT2D eigenvalue weighted by Gasteiger charge is 2.34. The van der Waals surface area contributed by atoms with Gasteiger partial charge in [-0.1, -0.05) is 6.07 Å². The Kier molecular flexibility index (Phi) is 5.38. The van der Waals surface area contributed by atoms with Crippen molar-refractivity contribution >= 4 is 11.6 Å². The summed E-state index contributed by atoms with van der Waals surface area (Å²) in [5.41, 5.74) is 5.09. The van der Waals surface area contributed by atoms with Crippen LogP contribution in [0.2, 0.25) is 0 Å². The molecule has 7 heteroatoms. The number of nitrogens with two attached hydrogens (primary N) is 1. The normalized spacial score (nSPS) is 11.3. The maximum Gasteiger partial charge on any atom is 0.418 e. The average Bonchev–Trinajstić information content (AvgIpc) is 2.42. The minimum absolute atomic E-state index is 0.0404. The molecule has 0 fully saturated rings. The molecule has 0 heterocycles. The summed E-state index contributed by atoms with van der Waals surface area (Å²) in [4.78, 5) is 12.6. The van der Waals surface area contributed by atoms with E-state index in [1.165, 1.54) is 25.1 Å². The van der Waals surface area contributed by atoms with Crippen molar-refractivity contribution in [3.05, 3.63) is 29.3 Å². The van der Waals surface area contributed by atoms with Gasteiger partial charge in [-0.25, -0.2) is 0 Å². The van der Waals surface area contributed by atoms with E-state index in [0.29, 0.717) is 5.56 Å². The van der Waals surface area contributed by atoms with Crippen LogP contribution < -0.4 is 16.0 Å². The third-order valence-electron chi connectivity index (χ3n) is 2.97. The fourth-order valence-electron chi connectivity index (χ4n) is 1.78. The molecular formula is C13H18F3N3O. The van der Waals surface area contributed by atoms with Crippen molar-refractivity contribution in [1.29, 1.82) is 0 Å². The molecule has 0 aromatic heterocycles. The molecule has 0 radical (unpaired) electrons. The van der Waals surface area contributed by atoms with Gasteiger partial charge < -0.3 is 16.0 Å². The van der Waals surface area contributed by atoms with Crippen LogP contribution in [0, 0.1) is 0 Å². The smallest absolute Gasteiger partial charge is 0.374 e. The summed E-state index contributed by atoms with van der Waals surface area (Å²) in [5.74, 6) is -0.219. The summed E-state index contributed by atoms with van der Waals surface area (Å²) < 4.78 is 39.1. The lowest BCUT2D eigenvalue weighted by molar-refractivity contribution is -0.137. The molecule has 0 aliphatic heterocycles. The summed E-state index contributed by atoms with van der Waals surface area (Å²) in [7, 11) is 3.01. The molecule has 0 aliphatic carbocycles. The molecule has 1 aromatic rings. The number of hydrogen-bond acceptors (Lipinski definition) is 3. The zero-order valence-electron chi connectivity index (χ0n) is 11.4. The second kappa shape index (κ2) is 6.60. The van der Waals surface area contributed by atoms with E-state index in [2.05, 4.69) is 5.32 Å². The predicted molar refractivity (Wildman–Crippen MR) is 71.3 cm³/mol. The van der Waals surface area contributed by atoms with Crippen molar-refractivity contribution in [1.82, 2.24) is 5.32 Å². The van der Waals surface area contributed by atoms with E-state index in [1.807, 2.05) is 0 Å². The van der Waals surface area contributed by atoms with E-state index >= 15 is 0 Å². The molecular weight excluding hydrogens is 271 g/mol. The van der Waals surface area contributed by atoms with Gasteiger partial charge in [0.1, 0.15) is 0 Å². The highest BCUT2D eigenvalue weighted by atomic mass is 19.4. The highest BCUT2D eigenvalue weighted by Crippen LogP contribution is 2.36. The van der Waals surface area contributed by atoms with Gasteiger partial charge in [-0.05, 0) is 17.7 Å². The topological polar surface area (TPSA) is 58.4 Å². The molecule has 0 saturated heterocycles. The van der Waals surface area contributed by atoms with Crippen LogP contribution in [-0.4, -0.2) is 26.5 Å². The molecule has 112 valence electrons. The molecule has 1 amide bonds. The Hall–Kier alpha value is -1.76. The molecule has 1 aromatic carbocycles. The maximum absolute atomic E-state index is 13.0. The summed E-state index contributed by atoms with van der Waals surface area (Å²) >= 11 is 0. The van der Waals surface area contributed by atoms with Crippen LogP contribution in [0.5, 0.6) is 0 Å². The summed E-state index contributed by atoms with van der Waals surface area (Å²) in [6.45, 7) is 0.246. The fraction of sp³-hybridized carbons (Fsp3) is 0.462. The van der Waals surface area contributed by atoms with Crippen molar-refractivity contribution in [2.75, 3.05) is 25.5 Å². The number of carbonyl (C=O) groups is 1. The molecule has 0 unspecified atom stereocenters. The van der Waals surface area contributed by atoms with Crippen LogP contribution in [0.1, 0.15) is 17.5 Å². The van der Waals surface area contributed by atoms with Gasteiger partial charge >= 0.3 is 6.18 Å². The van der Waals surface area contributed by atoms with E-state index < -0.39 is 11.7 Å². The average molecular weight is 289 g/mol. The van der Waals surface area contributed by atoms with Crippen LogP contribution >= 0.6 is 0 Å². The van der Waals surface area contributed by atoms with E-state index in [1.54, 1.807) is 6.07 Å². The molecule has 0 saturated carbocycles. The monoisotopic (exact) mass is 289 g/mol. The third-order valence-corrected chi connectivity index (χ3v) is 2.97. The van der Waals surface area contributed by atoms with Gasteiger partial charge in [0, 0.05) is 39.3 Å². The fourth-order valence-corrected chi connectivity index (χ4v) is 1.78. The number of hydrogen-bond donors (Lipinski definition) is 2. The van der Waals surface area contributed by atoms with Crippen LogP contribution in [-0.2, 0) is 17.5 Å². The van der Waals surface area contributed by atoms with Gasteiger partial charge in [0.2, 0.25) is 5.91 Å². The Morgan fingerprint density at radius 2 is 2.05 bits per heavy atom. The lowest BCUT2D eigenvalue weighted by Gasteiger charge is -2.24. The number of nitrogens with one attached hydrogen (secondary N) is 1. The molecule has 0 aliphatic rings. The second-order valence-electron chi connectivity index (χ2n) is 4.40. The van der Waals surface area contributed by atoms with Crippen LogP contribution in [0.3, 0.4) is 0 Å². The minimum atomic E-state index is -4.46. The Morgan fingerprint density at radius 3 is 2.55 bits per heavy atom. The summed E-state index contributed by atoms with van der Waals surface area (Å²) in [6.07, 6.45) is -4.33. The first-order chi connectivity index (χ1) is 9.29. The van der Waals surface area contributed by atoms with Gasteiger partial charge in [-0.15, -0.1) is 0 Å². The summed E-state index contributed by atoms with van der Waals surface area (Å²) in [6, 6.07) is 3.99. The number of amides is 1. The largest absolute Gasteiger partial charge is 0.418 e. The van der Waals surface area contributed by atoms with Crippen molar-refractivity contribution < 1.29 is 18.0 Å². The number of carbonyl (C=O) groups excluding carboxylic acids is 1. The summed E-state index contributed by atoms with van der Waals surface area (Å²) in [5, 5.41) is 2.43. The number of anilines is 1. The quantitative estimate of drug-likeness (QED) is 0.868. The Balaban J connectivity index is 3.01. The molecule has 1 rings (SSSR count). The van der Waals surface area contributed by atoms with Gasteiger partial charge in [-0.3, -0.25) is 4.79 Å². The number of halogens is 3. The van der Waals surface area contributed by atoms with Crippen LogP contribution in [0.15, 0.2) is 18.2 Å². The minimum Gasteiger partial charge on any atom is -0.374 e. The van der Waals surface area contributed by atoms with Gasteiger partial charge in [-0.2, -0.15) is 13.2 Å². The van der Waals surface area contributed by atoms with Crippen molar-refractivity contribution in [2.24, 2.45) is 5.73 Å². The molecule has 0 spiro atoms. The molecule has 4 nitrogen and oxygen atoms in total. The number of rotatable bonds is 5. The molecule has 3 N–H and O–H groups in total. The first kappa shape index (κ1) is 16.3. The van der Waals surface area contributed by atoms with E-state index in [4.69, 9.17) is 5.73 Å². The van der Waals surface area contributed by atoms with Gasteiger partial charge in [0.25, 0.3) is 0 Å². The van der Waals surface area contributed by atoms with E-state index in [0.717, 1.165) is 6.07 Å². The van der Waals surface area contributed by atoms with Crippen molar-refractivity contribution in [3.63, 3.8) is 0 Å². The van der Waals surface area contributed by atoms with E-state index in [9.17, 15) is 18.0 Å². The van der Waals surface area contributed by atoms with Gasteiger partial charge in [0.15, 0.2) is 0 Å². The highest BCUT2D eigenvalue weighted by molar-refractivity contribution is 5.76. The van der Waals surface area contributed by atoms with Crippen molar-refractivity contribution in [3.8, 4) is 0 Å².